The molecule has 4 rings (SSSR count). The summed E-state index contributed by atoms with van der Waals surface area (Å²) in [4.78, 5) is 26.1. The molecule has 0 unspecified atom stereocenters. The molecule has 0 saturated heterocycles. The molecular weight excluding hydrogens is 450 g/mol. The Balaban J connectivity index is 1.58. The number of benzene rings is 2. The third-order valence-electron chi connectivity index (χ3n) is 5.17. The lowest BCUT2D eigenvalue weighted by Crippen LogP contribution is -2.25. The molecule has 7 nitrogen and oxygen atoms in total. The second kappa shape index (κ2) is 10.8. The molecule has 0 atom stereocenters. The lowest BCUT2D eigenvalue weighted by molar-refractivity contribution is 0.0518. The van der Waals surface area contributed by atoms with Gasteiger partial charge >= 0.3 is 5.97 Å². The van der Waals surface area contributed by atoms with Crippen LogP contribution in [0.5, 0.6) is 5.75 Å². The number of aromatic nitrogens is 2. The average molecular weight is 476 g/mol. The maximum Gasteiger partial charge on any atom is 0.358 e. The Labute approximate surface area is 202 Å². The first-order valence-electron chi connectivity index (χ1n) is 10.9. The molecule has 0 spiro atoms. The molecule has 0 aliphatic heterocycles. The summed E-state index contributed by atoms with van der Waals surface area (Å²) in [5, 5.41) is 9.46. The van der Waals surface area contributed by atoms with Gasteiger partial charge in [0.15, 0.2) is 5.69 Å². The molecule has 0 saturated carbocycles. The van der Waals surface area contributed by atoms with Crippen LogP contribution in [0.25, 0.3) is 16.9 Å². The van der Waals surface area contributed by atoms with E-state index in [1.165, 1.54) is 4.88 Å². The van der Waals surface area contributed by atoms with Crippen molar-refractivity contribution < 1.29 is 19.1 Å². The normalized spacial score (nSPS) is 10.6. The van der Waals surface area contributed by atoms with Crippen LogP contribution in [0.3, 0.4) is 0 Å². The van der Waals surface area contributed by atoms with E-state index in [0.29, 0.717) is 29.2 Å². The average Bonchev–Trinajstić information content (AvgIpc) is 3.55. The van der Waals surface area contributed by atoms with Gasteiger partial charge in [-0.05, 0) is 67.3 Å². The van der Waals surface area contributed by atoms with Crippen LogP contribution in [0.15, 0.2) is 72.1 Å². The molecule has 0 aliphatic rings. The minimum absolute atomic E-state index is 0.135. The van der Waals surface area contributed by atoms with E-state index in [1.54, 1.807) is 60.4 Å². The van der Waals surface area contributed by atoms with Crippen LogP contribution in [0, 0.1) is 0 Å². The van der Waals surface area contributed by atoms with Crippen molar-refractivity contribution in [3.63, 3.8) is 0 Å². The number of nitrogens with one attached hydrogen (secondary N) is 1. The van der Waals surface area contributed by atoms with Crippen molar-refractivity contribution in [2.75, 3.05) is 20.3 Å². The molecule has 2 heterocycles. The minimum atomic E-state index is -0.493. The quantitative estimate of drug-likeness (QED) is 0.353. The van der Waals surface area contributed by atoms with Crippen molar-refractivity contribution in [3.8, 4) is 22.7 Å². The summed E-state index contributed by atoms with van der Waals surface area (Å²) in [7, 11) is 1.60. The van der Waals surface area contributed by atoms with E-state index in [9.17, 15) is 9.59 Å². The highest BCUT2D eigenvalue weighted by molar-refractivity contribution is 7.09. The van der Waals surface area contributed by atoms with E-state index in [1.807, 2.05) is 35.7 Å². The topological polar surface area (TPSA) is 82.5 Å². The zero-order chi connectivity index (χ0) is 23.9. The highest BCUT2D eigenvalue weighted by Crippen LogP contribution is 2.27. The Bertz CT molecular complexity index is 1260. The van der Waals surface area contributed by atoms with Crippen LogP contribution in [0.1, 0.15) is 32.6 Å². The maximum atomic E-state index is 12.5. The van der Waals surface area contributed by atoms with Gasteiger partial charge in [0, 0.05) is 22.5 Å². The van der Waals surface area contributed by atoms with Crippen molar-refractivity contribution in [2.45, 2.75) is 13.3 Å². The Kier molecular flexibility index (Phi) is 7.39. The molecule has 1 amide bonds. The second-order valence-corrected chi connectivity index (χ2v) is 8.44. The first kappa shape index (κ1) is 23.3. The number of methoxy groups -OCH3 is 1. The molecule has 0 bridgehead atoms. The Morgan fingerprint density at radius 2 is 1.88 bits per heavy atom. The van der Waals surface area contributed by atoms with Gasteiger partial charge < -0.3 is 14.8 Å². The minimum Gasteiger partial charge on any atom is -0.497 e. The van der Waals surface area contributed by atoms with E-state index in [-0.39, 0.29) is 18.2 Å². The van der Waals surface area contributed by atoms with Crippen LogP contribution in [-0.4, -0.2) is 41.9 Å². The zero-order valence-corrected chi connectivity index (χ0v) is 19.8. The third kappa shape index (κ3) is 5.35. The monoisotopic (exact) mass is 475 g/mol. The van der Waals surface area contributed by atoms with Crippen molar-refractivity contribution in [3.05, 3.63) is 88.2 Å². The Hall–Kier alpha value is -3.91. The lowest BCUT2D eigenvalue weighted by atomic mass is 10.1. The number of esters is 1. The molecule has 0 fully saturated rings. The molecule has 0 radical (unpaired) electrons. The smallest absolute Gasteiger partial charge is 0.358 e. The van der Waals surface area contributed by atoms with Crippen LogP contribution < -0.4 is 10.1 Å². The summed E-state index contributed by atoms with van der Waals surface area (Å²) in [6.45, 7) is 2.59. The van der Waals surface area contributed by atoms with Gasteiger partial charge in [0.2, 0.25) is 0 Å². The van der Waals surface area contributed by atoms with Gasteiger partial charge in [-0.15, -0.1) is 11.3 Å². The fraction of sp³-hybridized carbons (Fsp3) is 0.192. The number of thiophene rings is 1. The van der Waals surface area contributed by atoms with E-state index < -0.39 is 5.97 Å². The second-order valence-electron chi connectivity index (χ2n) is 7.41. The standard InChI is InChI=1S/C26H25N3O4S/c1-3-33-26(31)23-17-24(19-6-4-7-21(16-19)32-2)29(28-23)20-11-9-18(10-12-20)25(30)27-14-13-22-8-5-15-34-22/h4-12,15-17H,3,13-14H2,1-2H3,(H,27,30). The number of hydrogen-bond donors (Lipinski definition) is 1. The number of amides is 1. The summed E-state index contributed by atoms with van der Waals surface area (Å²) >= 11 is 1.68. The maximum absolute atomic E-state index is 12.5. The number of ether oxygens (including phenoxy) is 2. The van der Waals surface area contributed by atoms with Crippen molar-refractivity contribution in [1.82, 2.24) is 15.1 Å². The molecule has 2 aromatic heterocycles. The highest BCUT2D eigenvalue weighted by Gasteiger charge is 2.18. The number of hydrogen-bond acceptors (Lipinski definition) is 6. The van der Waals surface area contributed by atoms with Crippen LogP contribution in [0.2, 0.25) is 0 Å². The first-order chi connectivity index (χ1) is 16.6. The fourth-order valence-electron chi connectivity index (χ4n) is 3.48. The van der Waals surface area contributed by atoms with Crippen LogP contribution in [0.4, 0.5) is 0 Å². The highest BCUT2D eigenvalue weighted by atomic mass is 32.1. The number of nitrogens with zero attached hydrogens (tertiary/aromatic N) is 2. The molecule has 8 heteroatoms. The van der Waals surface area contributed by atoms with Gasteiger partial charge in [-0.1, -0.05) is 18.2 Å². The summed E-state index contributed by atoms with van der Waals surface area (Å²) in [6.07, 6.45) is 0.801. The van der Waals surface area contributed by atoms with Gasteiger partial charge in [-0.2, -0.15) is 5.10 Å². The molecule has 1 N–H and O–H groups in total. The predicted molar refractivity (Wildman–Crippen MR) is 132 cm³/mol. The molecule has 4 aromatic rings. The summed E-state index contributed by atoms with van der Waals surface area (Å²) < 4.78 is 12.1. The van der Waals surface area contributed by atoms with Crippen LogP contribution in [-0.2, 0) is 11.2 Å². The summed E-state index contributed by atoms with van der Waals surface area (Å²) in [5.41, 5.74) is 3.00. The molecule has 174 valence electrons. The van der Waals surface area contributed by atoms with E-state index in [2.05, 4.69) is 16.5 Å². The molecule has 2 aromatic carbocycles. The van der Waals surface area contributed by atoms with Gasteiger partial charge in [-0.25, -0.2) is 9.48 Å². The number of carbonyl (C=O) groups is 2. The summed E-state index contributed by atoms with van der Waals surface area (Å²) in [5.74, 6) is 0.0634. The number of carbonyl (C=O) groups excluding carboxylic acids is 2. The van der Waals surface area contributed by atoms with Crippen LogP contribution >= 0.6 is 11.3 Å². The van der Waals surface area contributed by atoms with Gasteiger partial charge in [0.25, 0.3) is 5.91 Å². The SMILES string of the molecule is CCOC(=O)c1cc(-c2cccc(OC)c2)n(-c2ccc(C(=O)NCCc3cccs3)cc2)n1. The predicted octanol–water partition coefficient (Wildman–Crippen LogP) is 4.76. The van der Waals surface area contributed by atoms with E-state index in [4.69, 9.17) is 9.47 Å². The van der Waals surface area contributed by atoms with Gasteiger partial charge in [0.05, 0.1) is 25.1 Å². The first-order valence-corrected chi connectivity index (χ1v) is 11.8. The fourth-order valence-corrected chi connectivity index (χ4v) is 4.19. The Morgan fingerprint density at radius 3 is 2.59 bits per heavy atom. The van der Waals surface area contributed by atoms with Crippen molar-refractivity contribution in [2.24, 2.45) is 0 Å². The van der Waals surface area contributed by atoms with Gasteiger partial charge in [0.1, 0.15) is 5.75 Å². The molecular formula is C26H25N3O4S. The van der Waals surface area contributed by atoms with E-state index >= 15 is 0 Å². The largest absolute Gasteiger partial charge is 0.497 e. The Morgan fingerprint density at radius 1 is 1.06 bits per heavy atom. The van der Waals surface area contributed by atoms with Gasteiger partial charge in [-0.3, -0.25) is 4.79 Å². The number of rotatable bonds is 9. The zero-order valence-electron chi connectivity index (χ0n) is 19.0. The van der Waals surface area contributed by atoms with E-state index in [0.717, 1.165) is 12.0 Å². The lowest BCUT2D eigenvalue weighted by Gasteiger charge is -2.10. The molecule has 0 aliphatic carbocycles. The third-order valence-corrected chi connectivity index (χ3v) is 6.11. The summed E-state index contributed by atoms with van der Waals surface area (Å²) in [6, 6.07) is 20.4. The molecule has 34 heavy (non-hydrogen) atoms. The van der Waals surface area contributed by atoms with Crippen molar-refractivity contribution >= 4 is 23.2 Å². The van der Waals surface area contributed by atoms with Crippen molar-refractivity contribution in [1.29, 1.82) is 0 Å².